The van der Waals surface area contributed by atoms with E-state index < -0.39 is 0 Å². The number of hydrogen-bond donors (Lipinski definition) is 1. The van der Waals surface area contributed by atoms with E-state index in [9.17, 15) is 9.90 Å². The third-order valence-electron chi connectivity index (χ3n) is 2.07. The average Bonchev–Trinajstić information content (AvgIpc) is 2.36. The molecule has 0 aromatic carbocycles. The fourth-order valence-corrected chi connectivity index (χ4v) is 1.53. The van der Waals surface area contributed by atoms with Gasteiger partial charge in [0.15, 0.2) is 0 Å². The van der Waals surface area contributed by atoms with Crippen LogP contribution in [0.1, 0.15) is 12.8 Å². The van der Waals surface area contributed by atoms with Crippen LogP contribution in [-0.4, -0.2) is 36.5 Å². The van der Waals surface area contributed by atoms with Crippen LogP contribution >= 0.6 is 0 Å². The topological polar surface area (TPSA) is 66.2 Å². The van der Waals surface area contributed by atoms with E-state index in [0.717, 1.165) is 19.4 Å². The Balaban J connectivity index is 2.44. The fraction of sp³-hybridized carbons (Fsp3) is 0.857. The third kappa shape index (κ3) is 1.91. The van der Waals surface area contributed by atoms with Crippen LogP contribution in [0.25, 0.3) is 0 Å². The van der Waals surface area contributed by atoms with Gasteiger partial charge in [-0.05, 0) is 19.4 Å². The van der Waals surface area contributed by atoms with E-state index in [2.05, 4.69) is 0 Å². The van der Waals surface area contributed by atoms with E-state index in [0.29, 0.717) is 6.54 Å². The molecule has 1 fully saturated rings. The Labute approximate surface area is 66.0 Å². The lowest BCUT2D eigenvalue weighted by molar-refractivity contribution is -0.122. The van der Waals surface area contributed by atoms with Crippen LogP contribution in [0.4, 0.5) is 0 Å². The highest BCUT2D eigenvalue weighted by molar-refractivity contribution is 5.80. The molecule has 1 radical (unpaired) electrons. The first-order valence-corrected chi connectivity index (χ1v) is 3.87. The minimum atomic E-state index is -0.295. The van der Waals surface area contributed by atoms with Gasteiger partial charge in [-0.2, -0.15) is 0 Å². The third-order valence-corrected chi connectivity index (χ3v) is 2.07. The number of carbonyl (C=O) groups excluding carboxylic acids is 1. The molecule has 1 aliphatic rings. The minimum absolute atomic E-state index is 0.149. The van der Waals surface area contributed by atoms with Gasteiger partial charge in [0.2, 0.25) is 5.91 Å². The van der Waals surface area contributed by atoms with Crippen molar-refractivity contribution < 1.29 is 9.90 Å². The number of nitrogens with two attached hydrogens (primary N) is 1. The highest BCUT2D eigenvalue weighted by Gasteiger charge is 2.27. The van der Waals surface area contributed by atoms with Crippen molar-refractivity contribution in [2.24, 2.45) is 5.73 Å². The number of primary amides is 1. The molecule has 1 heterocycles. The molecule has 0 unspecified atom stereocenters. The van der Waals surface area contributed by atoms with Crippen molar-refractivity contribution in [2.45, 2.75) is 18.9 Å². The van der Waals surface area contributed by atoms with E-state index in [1.54, 1.807) is 0 Å². The zero-order valence-electron chi connectivity index (χ0n) is 6.45. The molecule has 11 heavy (non-hydrogen) atoms. The average molecular weight is 157 g/mol. The molecule has 4 heteroatoms. The molecule has 4 nitrogen and oxygen atoms in total. The van der Waals surface area contributed by atoms with Crippen LogP contribution in [0.5, 0.6) is 0 Å². The second-order valence-electron chi connectivity index (χ2n) is 2.80. The van der Waals surface area contributed by atoms with Gasteiger partial charge >= 0.3 is 0 Å². The lowest BCUT2D eigenvalue weighted by Crippen LogP contribution is -2.41. The number of carbonyl (C=O) groups is 1. The SMILES string of the molecule is NC(=O)[C@@H]1CCCN1CC[O]. The second kappa shape index (κ2) is 3.69. The Morgan fingerprint density at radius 3 is 2.91 bits per heavy atom. The van der Waals surface area contributed by atoms with Crippen LogP contribution < -0.4 is 5.73 Å². The summed E-state index contributed by atoms with van der Waals surface area (Å²) in [7, 11) is 0. The first-order valence-electron chi connectivity index (χ1n) is 3.87. The lowest BCUT2D eigenvalue weighted by Gasteiger charge is -2.19. The van der Waals surface area contributed by atoms with Crippen molar-refractivity contribution in [3.8, 4) is 0 Å². The molecule has 0 aliphatic carbocycles. The van der Waals surface area contributed by atoms with Gasteiger partial charge in [-0.1, -0.05) is 0 Å². The largest absolute Gasteiger partial charge is 0.368 e. The summed E-state index contributed by atoms with van der Waals surface area (Å²) in [5.41, 5.74) is 5.14. The van der Waals surface area contributed by atoms with Crippen LogP contribution in [-0.2, 0) is 9.90 Å². The normalized spacial score (nSPS) is 25.7. The van der Waals surface area contributed by atoms with Crippen molar-refractivity contribution >= 4 is 5.91 Å². The van der Waals surface area contributed by atoms with E-state index in [-0.39, 0.29) is 18.6 Å². The van der Waals surface area contributed by atoms with E-state index >= 15 is 0 Å². The van der Waals surface area contributed by atoms with Gasteiger partial charge < -0.3 is 5.73 Å². The predicted octanol–water partition coefficient (Wildman–Crippen LogP) is -0.633. The quantitative estimate of drug-likeness (QED) is 0.592. The molecule has 0 aromatic heterocycles. The first kappa shape index (κ1) is 8.49. The Kier molecular flexibility index (Phi) is 2.84. The van der Waals surface area contributed by atoms with Gasteiger partial charge in [-0.3, -0.25) is 9.69 Å². The molecule has 1 saturated heterocycles. The highest BCUT2D eigenvalue weighted by Crippen LogP contribution is 2.15. The van der Waals surface area contributed by atoms with Gasteiger partial charge in [0.25, 0.3) is 0 Å². The van der Waals surface area contributed by atoms with E-state index in [1.807, 2.05) is 4.90 Å². The molecular formula is C7H13N2O2. The smallest absolute Gasteiger partial charge is 0.234 e. The maximum Gasteiger partial charge on any atom is 0.234 e. The number of amides is 1. The van der Waals surface area contributed by atoms with Gasteiger partial charge in [-0.15, -0.1) is 0 Å². The van der Waals surface area contributed by atoms with E-state index in [4.69, 9.17) is 5.73 Å². The van der Waals surface area contributed by atoms with Crippen molar-refractivity contribution in [3.05, 3.63) is 0 Å². The Morgan fingerprint density at radius 2 is 2.36 bits per heavy atom. The molecule has 0 spiro atoms. The van der Waals surface area contributed by atoms with Gasteiger partial charge in [-0.25, -0.2) is 5.11 Å². The molecule has 1 atom stereocenters. The fourth-order valence-electron chi connectivity index (χ4n) is 1.53. The molecule has 0 aromatic rings. The molecule has 1 amide bonds. The molecule has 0 bridgehead atoms. The predicted molar refractivity (Wildman–Crippen MR) is 39.3 cm³/mol. The van der Waals surface area contributed by atoms with Crippen LogP contribution in [0.15, 0.2) is 0 Å². The molecular weight excluding hydrogens is 144 g/mol. The molecule has 63 valence electrons. The minimum Gasteiger partial charge on any atom is -0.368 e. The summed E-state index contributed by atoms with van der Waals surface area (Å²) in [5, 5.41) is 10.3. The Bertz CT molecular complexity index is 149. The van der Waals surface area contributed by atoms with Crippen molar-refractivity contribution in [1.82, 2.24) is 4.90 Å². The summed E-state index contributed by atoms with van der Waals surface area (Å²) in [6, 6.07) is -0.177. The molecule has 1 aliphatic heterocycles. The second-order valence-corrected chi connectivity index (χ2v) is 2.80. The van der Waals surface area contributed by atoms with Crippen LogP contribution in [0.3, 0.4) is 0 Å². The van der Waals surface area contributed by atoms with Gasteiger partial charge in [0.1, 0.15) is 0 Å². The summed E-state index contributed by atoms with van der Waals surface area (Å²) >= 11 is 0. The number of nitrogens with zero attached hydrogens (tertiary/aromatic N) is 1. The standard InChI is InChI=1S/C7H13N2O2/c8-7(11)6-2-1-3-9(6)4-5-10/h6H,1-5H2,(H2,8,11)/t6-/m0/s1. The van der Waals surface area contributed by atoms with Crippen molar-refractivity contribution in [2.75, 3.05) is 19.7 Å². The molecule has 1 rings (SSSR count). The highest BCUT2D eigenvalue weighted by atomic mass is 16.3. The summed E-state index contributed by atoms with van der Waals surface area (Å²) < 4.78 is 0. The number of rotatable bonds is 3. The van der Waals surface area contributed by atoms with Gasteiger partial charge in [0, 0.05) is 6.54 Å². The van der Waals surface area contributed by atoms with Crippen LogP contribution in [0.2, 0.25) is 0 Å². The summed E-state index contributed by atoms with van der Waals surface area (Å²) in [4.78, 5) is 12.6. The molecule has 0 saturated carbocycles. The lowest BCUT2D eigenvalue weighted by atomic mass is 10.2. The first-order chi connectivity index (χ1) is 5.25. The zero-order valence-corrected chi connectivity index (χ0v) is 6.45. The zero-order chi connectivity index (χ0) is 8.27. The summed E-state index contributed by atoms with van der Waals surface area (Å²) in [5.74, 6) is -0.295. The monoisotopic (exact) mass is 157 g/mol. The van der Waals surface area contributed by atoms with Crippen molar-refractivity contribution in [1.29, 1.82) is 0 Å². The maximum atomic E-state index is 10.8. The van der Waals surface area contributed by atoms with Crippen molar-refractivity contribution in [3.63, 3.8) is 0 Å². The van der Waals surface area contributed by atoms with E-state index in [1.165, 1.54) is 0 Å². The van der Waals surface area contributed by atoms with Crippen LogP contribution in [0, 0.1) is 0 Å². The summed E-state index contributed by atoms with van der Waals surface area (Å²) in [6.07, 6.45) is 1.79. The number of likely N-dealkylation sites (tertiary alicyclic amines) is 1. The summed E-state index contributed by atoms with van der Waals surface area (Å²) in [6.45, 7) is 1.15. The Morgan fingerprint density at radius 1 is 1.64 bits per heavy atom. The Hall–Kier alpha value is -0.610. The van der Waals surface area contributed by atoms with Gasteiger partial charge in [0.05, 0.1) is 12.6 Å². The number of hydrogen-bond acceptors (Lipinski definition) is 2. The maximum absolute atomic E-state index is 10.8. The molecule has 2 N–H and O–H groups in total.